The van der Waals surface area contributed by atoms with Crippen molar-refractivity contribution in [2.45, 2.75) is 155 Å². The third-order valence-electron chi connectivity index (χ3n) is 13.2. The van der Waals surface area contributed by atoms with Crippen LogP contribution >= 0.6 is 0 Å². The Morgan fingerprint density at radius 2 is 0.650 bits per heavy atom. The van der Waals surface area contributed by atoms with Gasteiger partial charge in [-0.3, -0.25) is 0 Å². The molecule has 0 saturated carbocycles. The zero-order valence-electron chi connectivity index (χ0n) is 36.8. The van der Waals surface area contributed by atoms with Crippen LogP contribution in [0.15, 0.2) is 118 Å². The Balaban J connectivity index is 0.899. The van der Waals surface area contributed by atoms with Gasteiger partial charge in [-0.2, -0.15) is 0 Å². The molecule has 0 amide bonds. The highest BCUT2D eigenvalue weighted by molar-refractivity contribution is 6.20. The fraction of sp³-hybridized carbons (Fsp3) is 0.414. The van der Waals surface area contributed by atoms with E-state index in [0.717, 1.165) is 57.4 Å². The first-order valence-corrected chi connectivity index (χ1v) is 24.1. The van der Waals surface area contributed by atoms with Crippen molar-refractivity contribution in [3.63, 3.8) is 0 Å². The van der Waals surface area contributed by atoms with Crippen LogP contribution in [0.2, 0.25) is 0 Å². The second-order valence-corrected chi connectivity index (χ2v) is 17.9. The fourth-order valence-electron chi connectivity index (χ4n) is 9.54. The molecule has 0 aliphatic carbocycles. The normalized spacial score (nSPS) is 12.0. The monoisotopic (exact) mass is 797 g/mol. The third-order valence-corrected chi connectivity index (χ3v) is 13.2. The van der Waals surface area contributed by atoms with Crippen LogP contribution in [-0.4, -0.2) is 0 Å². The molecule has 8 rings (SSSR count). The van der Waals surface area contributed by atoms with Crippen LogP contribution in [0.3, 0.4) is 0 Å². The molecule has 2 nitrogen and oxygen atoms in total. The van der Waals surface area contributed by atoms with Crippen molar-refractivity contribution in [1.82, 2.24) is 0 Å². The average Bonchev–Trinajstić information content (AvgIpc) is 3.90. The van der Waals surface area contributed by atoms with E-state index in [-0.39, 0.29) is 0 Å². The molecule has 0 saturated heterocycles. The van der Waals surface area contributed by atoms with E-state index in [4.69, 9.17) is 8.83 Å². The molecule has 0 unspecified atom stereocenters. The first-order valence-electron chi connectivity index (χ1n) is 24.1. The van der Waals surface area contributed by atoms with Gasteiger partial charge in [0.2, 0.25) is 0 Å². The topological polar surface area (TPSA) is 26.3 Å². The number of furan rings is 2. The largest absolute Gasteiger partial charge is 0.456 e. The van der Waals surface area contributed by atoms with Gasteiger partial charge in [-0.1, -0.05) is 202 Å². The minimum Gasteiger partial charge on any atom is -0.456 e. The molecule has 312 valence electrons. The van der Waals surface area contributed by atoms with Crippen LogP contribution in [-0.2, 0) is 12.8 Å². The van der Waals surface area contributed by atoms with Gasteiger partial charge in [-0.25, -0.2) is 0 Å². The molecule has 0 bridgehead atoms. The molecule has 0 aliphatic rings. The SMILES string of the molecule is CCCCCCCCCCCCc1ccc(-c2cc3cc4ccc5c6cc7oc(-c8ccc(CCCCCCCCCCCC)cc8)cc7cc6ccc5c4cc3o2)cc1. The summed E-state index contributed by atoms with van der Waals surface area (Å²) in [7, 11) is 0. The van der Waals surface area contributed by atoms with Crippen molar-refractivity contribution < 1.29 is 8.83 Å². The summed E-state index contributed by atoms with van der Waals surface area (Å²) >= 11 is 0. The van der Waals surface area contributed by atoms with Crippen molar-refractivity contribution in [3.05, 3.63) is 120 Å². The molecule has 0 fully saturated rings. The Morgan fingerprint density at radius 3 is 1.02 bits per heavy atom. The number of aryl methyl sites for hydroxylation is 2. The van der Waals surface area contributed by atoms with E-state index in [9.17, 15) is 0 Å². The number of rotatable bonds is 24. The summed E-state index contributed by atoms with van der Waals surface area (Å²) in [4.78, 5) is 0. The molecule has 0 radical (unpaired) electrons. The van der Waals surface area contributed by atoms with Crippen molar-refractivity contribution in [2.24, 2.45) is 0 Å². The number of unbranched alkanes of at least 4 members (excludes halogenated alkanes) is 18. The van der Waals surface area contributed by atoms with Gasteiger partial charge >= 0.3 is 0 Å². The molecular formula is C58H68O2. The van der Waals surface area contributed by atoms with Gasteiger partial charge in [0.05, 0.1) is 0 Å². The van der Waals surface area contributed by atoms with Gasteiger partial charge in [-0.15, -0.1) is 0 Å². The summed E-state index contributed by atoms with van der Waals surface area (Å²) in [5, 5.41) is 9.65. The van der Waals surface area contributed by atoms with Crippen molar-refractivity contribution >= 4 is 54.3 Å². The predicted octanol–water partition coefficient (Wildman–Crippen LogP) is 18.9. The molecule has 2 heteroatoms. The molecular weight excluding hydrogens is 729 g/mol. The van der Waals surface area contributed by atoms with Crippen molar-refractivity contribution in [1.29, 1.82) is 0 Å². The zero-order chi connectivity index (χ0) is 40.9. The lowest BCUT2D eigenvalue weighted by atomic mass is 9.96. The van der Waals surface area contributed by atoms with Gasteiger partial charge < -0.3 is 8.83 Å². The third kappa shape index (κ3) is 10.5. The smallest absolute Gasteiger partial charge is 0.135 e. The molecule has 0 aliphatic heterocycles. The van der Waals surface area contributed by atoms with Crippen molar-refractivity contribution in [3.8, 4) is 22.6 Å². The first-order chi connectivity index (χ1) is 29.7. The summed E-state index contributed by atoms with van der Waals surface area (Å²) in [6.45, 7) is 4.58. The second-order valence-electron chi connectivity index (χ2n) is 17.9. The minimum atomic E-state index is 0.931. The van der Waals surface area contributed by atoms with Gasteiger partial charge in [0.15, 0.2) is 0 Å². The Labute approximate surface area is 359 Å². The number of hydrogen-bond donors (Lipinski definition) is 0. The Morgan fingerprint density at radius 1 is 0.300 bits per heavy atom. The highest BCUT2D eigenvalue weighted by atomic mass is 16.3. The molecule has 6 aromatic carbocycles. The van der Waals surface area contributed by atoms with Gasteiger partial charge in [-0.05, 0) is 106 Å². The highest BCUT2D eigenvalue weighted by Gasteiger charge is 2.14. The maximum atomic E-state index is 6.55. The van der Waals surface area contributed by atoms with E-state index in [1.54, 1.807) is 0 Å². The lowest BCUT2D eigenvalue weighted by Crippen LogP contribution is -1.87. The Kier molecular flexibility index (Phi) is 14.7. The van der Waals surface area contributed by atoms with Crippen LogP contribution in [0.4, 0.5) is 0 Å². The quantitative estimate of drug-likeness (QED) is 0.0450. The molecule has 0 N–H and O–H groups in total. The minimum absolute atomic E-state index is 0.931. The molecule has 0 spiro atoms. The molecule has 8 aromatic rings. The summed E-state index contributed by atoms with van der Waals surface area (Å²) in [6.07, 6.45) is 29.8. The van der Waals surface area contributed by atoms with Crippen LogP contribution in [0.5, 0.6) is 0 Å². The van der Waals surface area contributed by atoms with Crippen LogP contribution in [0.1, 0.15) is 153 Å². The van der Waals surface area contributed by atoms with Gasteiger partial charge in [0.1, 0.15) is 22.7 Å². The summed E-state index contributed by atoms with van der Waals surface area (Å²) in [5.41, 5.74) is 6.98. The van der Waals surface area contributed by atoms with Gasteiger partial charge in [0.25, 0.3) is 0 Å². The Bertz CT molecular complexity index is 2380. The van der Waals surface area contributed by atoms with E-state index >= 15 is 0 Å². The highest BCUT2D eigenvalue weighted by Crippen LogP contribution is 2.38. The Hall–Kier alpha value is -4.82. The second kappa shape index (κ2) is 21.1. The molecule has 60 heavy (non-hydrogen) atoms. The van der Waals surface area contributed by atoms with E-state index < -0.39 is 0 Å². The van der Waals surface area contributed by atoms with Crippen LogP contribution in [0.25, 0.3) is 76.9 Å². The lowest BCUT2D eigenvalue weighted by Gasteiger charge is -2.08. The zero-order valence-corrected chi connectivity index (χ0v) is 36.8. The fourth-order valence-corrected chi connectivity index (χ4v) is 9.54. The van der Waals surface area contributed by atoms with Crippen LogP contribution in [0, 0.1) is 0 Å². The molecule has 2 heterocycles. The number of benzene rings is 6. The maximum absolute atomic E-state index is 6.55. The van der Waals surface area contributed by atoms with E-state index in [1.807, 2.05) is 0 Å². The van der Waals surface area contributed by atoms with Crippen LogP contribution < -0.4 is 0 Å². The van der Waals surface area contributed by atoms with Gasteiger partial charge in [0, 0.05) is 21.9 Å². The van der Waals surface area contributed by atoms with Crippen molar-refractivity contribution in [2.75, 3.05) is 0 Å². The van der Waals surface area contributed by atoms with E-state index in [0.29, 0.717) is 0 Å². The summed E-state index contributed by atoms with van der Waals surface area (Å²) < 4.78 is 13.1. The standard InChI is InChI=1S/C58H68O2/c1-3-5-7-9-11-13-15-17-19-21-23-43-25-29-45(30-26-43)55-39-49-37-47-33-35-52-51(53(47)41-57(49)59-55)36-34-48-38-50-40-56(60-58(50)42-54(48)52)46-31-27-44(28-32-46)24-22-20-18-16-14-12-10-8-6-4-2/h25-42H,3-24H2,1-2H3. The van der Waals surface area contributed by atoms with E-state index in [1.165, 1.54) is 172 Å². The average molecular weight is 797 g/mol. The summed E-state index contributed by atoms with van der Waals surface area (Å²) in [6, 6.07) is 40.7. The maximum Gasteiger partial charge on any atom is 0.135 e. The summed E-state index contributed by atoms with van der Waals surface area (Å²) in [5.74, 6) is 1.86. The molecule has 0 atom stereocenters. The molecule has 2 aromatic heterocycles. The number of fused-ring (bicyclic) bond motifs is 7. The lowest BCUT2D eigenvalue weighted by molar-refractivity contribution is 0.556. The van der Waals surface area contributed by atoms with E-state index in [2.05, 4.69) is 123 Å². The predicted molar refractivity (Wildman–Crippen MR) is 260 cm³/mol. The number of hydrogen-bond acceptors (Lipinski definition) is 2. The first kappa shape index (κ1) is 41.9.